The number of benzene rings is 2. The van der Waals surface area contributed by atoms with Gasteiger partial charge in [-0.25, -0.2) is 0 Å². The molecule has 0 heterocycles. The third kappa shape index (κ3) is 4.36. The lowest BCUT2D eigenvalue weighted by molar-refractivity contribution is 0.355. The van der Waals surface area contributed by atoms with Gasteiger partial charge in [-0.2, -0.15) is 0 Å². The predicted octanol–water partition coefficient (Wildman–Crippen LogP) is 8.41. The van der Waals surface area contributed by atoms with Crippen molar-refractivity contribution in [3.05, 3.63) is 118 Å². The van der Waals surface area contributed by atoms with Crippen LogP contribution in [0.1, 0.15) is 64.7 Å². The van der Waals surface area contributed by atoms with Gasteiger partial charge in [-0.05, 0) is 75.8 Å². The van der Waals surface area contributed by atoms with Crippen molar-refractivity contribution >= 4 is 22.9 Å². The Morgan fingerprint density at radius 2 is 1.63 bits per heavy atom. The van der Waals surface area contributed by atoms with E-state index in [4.69, 9.17) is 0 Å². The second-order valence-electron chi connectivity index (χ2n) is 10.4. The van der Waals surface area contributed by atoms with E-state index in [0.29, 0.717) is 0 Å². The van der Waals surface area contributed by atoms with Crippen LogP contribution in [-0.4, -0.2) is 0 Å². The highest BCUT2D eigenvalue weighted by atomic mass is 14.5. The van der Waals surface area contributed by atoms with Gasteiger partial charge in [0.25, 0.3) is 0 Å². The first-order chi connectivity index (χ1) is 17.2. The van der Waals surface area contributed by atoms with E-state index < -0.39 is 0 Å². The quantitative estimate of drug-likeness (QED) is 0.405. The molecule has 2 aromatic rings. The SMILES string of the molecule is C=C\C=C1/C2=C(CC=c3ccc4ccccc4c3=C2)C2(CCCCCCCC2)/C1=C/C=C(\C)C=C. The summed E-state index contributed by atoms with van der Waals surface area (Å²) in [5.41, 5.74) is 7.25. The van der Waals surface area contributed by atoms with Gasteiger partial charge >= 0.3 is 0 Å². The molecule has 0 heteroatoms. The fraction of sp³-hybridized carbons (Fsp3) is 0.314. The lowest BCUT2D eigenvalue weighted by Gasteiger charge is -2.35. The molecule has 0 nitrogen and oxygen atoms in total. The van der Waals surface area contributed by atoms with E-state index in [9.17, 15) is 0 Å². The van der Waals surface area contributed by atoms with Crippen LogP contribution in [0.15, 0.2) is 108 Å². The molecule has 178 valence electrons. The van der Waals surface area contributed by atoms with Crippen molar-refractivity contribution in [1.29, 1.82) is 0 Å². The summed E-state index contributed by atoms with van der Waals surface area (Å²) < 4.78 is 0. The zero-order valence-corrected chi connectivity index (χ0v) is 21.3. The van der Waals surface area contributed by atoms with Crippen molar-refractivity contribution in [2.24, 2.45) is 5.41 Å². The second kappa shape index (κ2) is 10.2. The van der Waals surface area contributed by atoms with Gasteiger partial charge in [-0.15, -0.1) is 0 Å². The molecule has 1 saturated carbocycles. The summed E-state index contributed by atoms with van der Waals surface area (Å²) in [5.74, 6) is 0. The molecule has 0 saturated heterocycles. The molecule has 0 N–H and O–H groups in total. The standard InChI is InChI=1S/C35H38/c1-4-14-30-32-25-31-28(19-18-27-15-10-11-16-29(27)31)20-22-34(32)35(33(30)21-17-26(3)5-2)23-12-8-6-7-9-13-24-35/h4-5,10-11,14-21,25H,1-2,6-9,12-13,22-24H2,3H3/b26-17+,30-14+,33-21+. The first-order valence-corrected chi connectivity index (χ1v) is 13.5. The number of allylic oxidation sites excluding steroid dienone is 10. The molecule has 0 bridgehead atoms. The maximum absolute atomic E-state index is 4.13. The summed E-state index contributed by atoms with van der Waals surface area (Å²) in [7, 11) is 0. The molecule has 0 amide bonds. The Balaban J connectivity index is 1.81. The summed E-state index contributed by atoms with van der Waals surface area (Å²) >= 11 is 0. The van der Waals surface area contributed by atoms with Crippen LogP contribution in [0.5, 0.6) is 0 Å². The van der Waals surface area contributed by atoms with Crippen LogP contribution < -0.4 is 10.4 Å². The lowest BCUT2D eigenvalue weighted by Crippen LogP contribution is -2.26. The minimum absolute atomic E-state index is 0.108. The molecule has 2 aromatic carbocycles. The first-order valence-electron chi connectivity index (χ1n) is 13.5. The molecule has 0 atom stereocenters. The summed E-state index contributed by atoms with van der Waals surface area (Å²) in [4.78, 5) is 0. The predicted molar refractivity (Wildman–Crippen MR) is 153 cm³/mol. The average molecular weight is 459 g/mol. The molecule has 1 spiro atoms. The first kappa shape index (κ1) is 23.6. The van der Waals surface area contributed by atoms with Crippen LogP contribution in [0.2, 0.25) is 0 Å². The third-order valence-electron chi connectivity index (χ3n) is 8.39. The molecule has 3 aliphatic rings. The van der Waals surface area contributed by atoms with Crippen LogP contribution in [0.25, 0.3) is 22.9 Å². The minimum atomic E-state index is 0.108. The van der Waals surface area contributed by atoms with Crippen molar-refractivity contribution in [3.63, 3.8) is 0 Å². The van der Waals surface area contributed by atoms with Gasteiger partial charge in [0.1, 0.15) is 0 Å². The minimum Gasteiger partial charge on any atom is -0.0990 e. The van der Waals surface area contributed by atoms with Gasteiger partial charge in [0, 0.05) is 5.41 Å². The molecular formula is C35H38. The van der Waals surface area contributed by atoms with E-state index in [1.165, 1.54) is 94.9 Å². The Hall–Kier alpha value is -3.12. The molecule has 0 unspecified atom stereocenters. The van der Waals surface area contributed by atoms with Gasteiger partial charge in [0.15, 0.2) is 0 Å². The van der Waals surface area contributed by atoms with Crippen molar-refractivity contribution in [3.8, 4) is 0 Å². The molecule has 0 aliphatic heterocycles. The highest BCUT2D eigenvalue weighted by Gasteiger charge is 2.45. The Morgan fingerprint density at radius 3 is 2.37 bits per heavy atom. The van der Waals surface area contributed by atoms with Crippen molar-refractivity contribution in [2.45, 2.75) is 64.7 Å². The zero-order valence-electron chi connectivity index (χ0n) is 21.3. The third-order valence-corrected chi connectivity index (χ3v) is 8.39. The molecular weight excluding hydrogens is 420 g/mol. The number of fused-ring (bicyclic) bond motifs is 4. The molecule has 3 aliphatic carbocycles. The summed E-state index contributed by atoms with van der Waals surface area (Å²) in [5, 5.41) is 5.38. The molecule has 35 heavy (non-hydrogen) atoms. The van der Waals surface area contributed by atoms with Gasteiger partial charge in [-0.3, -0.25) is 0 Å². The van der Waals surface area contributed by atoms with E-state index in [1.807, 2.05) is 12.2 Å². The van der Waals surface area contributed by atoms with Crippen LogP contribution >= 0.6 is 0 Å². The maximum Gasteiger partial charge on any atom is 0.0180 e. The smallest absolute Gasteiger partial charge is 0.0180 e. The van der Waals surface area contributed by atoms with Gasteiger partial charge in [0.2, 0.25) is 0 Å². The Labute approximate surface area is 211 Å². The number of rotatable bonds is 3. The van der Waals surface area contributed by atoms with Crippen molar-refractivity contribution < 1.29 is 0 Å². The molecule has 1 fully saturated rings. The second-order valence-corrected chi connectivity index (χ2v) is 10.4. The summed E-state index contributed by atoms with van der Waals surface area (Å²) in [6, 6.07) is 13.4. The van der Waals surface area contributed by atoms with E-state index in [-0.39, 0.29) is 5.41 Å². The maximum atomic E-state index is 4.13. The highest BCUT2D eigenvalue weighted by molar-refractivity contribution is 5.87. The van der Waals surface area contributed by atoms with Crippen LogP contribution in [0.3, 0.4) is 0 Å². The summed E-state index contributed by atoms with van der Waals surface area (Å²) in [6.45, 7) is 10.3. The number of hydrogen-bond acceptors (Lipinski definition) is 0. The average Bonchev–Trinajstić information content (AvgIpc) is 3.03. The molecule has 5 rings (SSSR count). The largest absolute Gasteiger partial charge is 0.0990 e. The highest BCUT2D eigenvalue weighted by Crippen LogP contribution is 2.58. The van der Waals surface area contributed by atoms with Gasteiger partial charge < -0.3 is 0 Å². The van der Waals surface area contributed by atoms with E-state index >= 15 is 0 Å². The van der Waals surface area contributed by atoms with Crippen molar-refractivity contribution in [2.75, 3.05) is 0 Å². The van der Waals surface area contributed by atoms with Gasteiger partial charge in [-0.1, -0.05) is 130 Å². The van der Waals surface area contributed by atoms with Crippen LogP contribution in [0.4, 0.5) is 0 Å². The van der Waals surface area contributed by atoms with E-state index in [0.717, 1.165) is 6.42 Å². The molecule has 0 aromatic heterocycles. The van der Waals surface area contributed by atoms with E-state index in [1.54, 1.807) is 5.57 Å². The monoisotopic (exact) mass is 458 g/mol. The van der Waals surface area contributed by atoms with Gasteiger partial charge in [0.05, 0.1) is 0 Å². The summed E-state index contributed by atoms with van der Waals surface area (Å²) in [6.07, 6.45) is 27.4. The fourth-order valence-electron chi connectivity index (χ4n) is 6.55. The topological polar surface area (TPSA) is 0 Å². The Kier molecular flexibility index (Phi) is 6.91. The molecule has 0 radical (unpaired) electrons. The lowest BCUT2D eigenvalue weighted by atomic mass is 9.68. The zero-order chi connectivity index (χ0) is 24.3. The normalized spacial score (nSPS) is 22.5. The van der Waals surface area contributed by atoms with Crippen LogP contribution in [0, 0.1) is 5.41 Å². The van der Waals surface area contributed by atoms with Crippen LogP contribution in [-0.2, 0) is 0 Å². The Bertz CT molecular complexity index is 1390. The Morgan fingerprint density at radius 1 is 0.886 bits per heavy atom. The fourth-order valence-corrected chi connectivity index (χ4v) is 6.55. The van der Waals surface area contributed by atoms with E-state index in [2.05, 4.69) is 86.9 Å². The van der Waals surface area contributed by atoms with Crippen molar-refractivity contribution in [1.82, 2.24) is 0 Å². The number of hydrogen-bond donors (Lipinski definition) is 0.